The monoisotopic (exact) mass is 358 g/mol. The van der Waals surface area contributed by atoms with Crippen LogP contribution in [-0.4, -0.2) is 34.5 Å². The van der Waals surface area contributed by atoms with Crippen molar-refractivity contribution < 1.29 is 5.11 Å². The molecule has 0 aromatic heterocycles. The van der Waals surface area contributed by atoms with E-state index in [2.05, 4.69) is 46.1 Å². The van der Waals surface area contributed by atoms with Crippen molar-refractivity contribution in [3.63, 3.8) is 0 Å². The predicted molar refractivity (Wildman–Crippen MR) is 111 cm³/mol. The molecule has 2 aromatic rings. The smallest absolute Gasteiger partial charge is 0.121 e. The highest BCUT2D eigenvalue weighted by Crippen LogP contribution is 2.36. The Balaban J connectivity index is 1.88. The first kappa shape index (κ1) is 19.0. The number of terminal acetylenes is 1. The van der Waals surface area contributed by atoms with E-state index in [9.17, 15) is 5.11 Å². The van der Waals surface area contributed by atoms with Crippen LogP contribution in [0.3, 0.4) is 0 Å². The lowest BCUT2D eigenvalue weighted by Gasteiger charge is -2.31. The van der Waals surface area contributed by atoms with Gasteiger partial charge in [0.05, 0.1) is 6.17 Å². The zero-order valence-electron chi connectivity index (χ0n) is 15.8. The average Bonchev–Trinajstić information content (AvgIpc) is 3.08. The molecule has 0 saturated carbocycles. The van der Waals surface area contributed by atoms with Gasteiger partial charge in [0, 0.05) is 31.7 Å². The van der Waals surface area contributed by atoms with Crippen molar-refractivity contribution in [2.24, 2.45) is 0 Å². The fraction of sp³-hybridized carbons (Fsp3) is 0.250. The summed E-state index contributed by atoms with van der Waals surface area (Å²) in [5.74, 6) is 2.90. The van der Waals surface area contributed by atoms with Crippen molar-refractivity contribution in [1.82, 2.24) is 9.80 Å². The van der Waals surface area contributed by atoms with Crippen LogP contribution in [0.15, 0.2) is 78.4 Å². The molecule has 0 radical (unpaired) electrons. The molecule has 1 atom stereocenters. The number of benzene rings is 2. The number of phenols is 1. The van der Waals surface area contributed by atoms with Crippen LogP contribution in [0.25, 0.3) is 0 Å². The van der Waals surface area contributed by atoms with Gasteiger partial charge in [0.1, 0.15) is 5.75 Å². The van der Waals surface area contributed by atoms with E-state index < -0.39 is 0 Å². The third-order valence-electron chi connectivity index (χ3n) is 4.96. The van der Waals surface area contributed by atoms with Gasteiger partial charge in [0.2, 0.25) is 0 Å². The predicted octanol–water partition coefficient (Wildman–Crippen LogP) is 4.34. The van der Waals surface area contributed by atoms with Crippen LogP contribution in [0.4, 0.5) is 0 Å². The van der Waals surface area contributed by atoms with Crippen LogP contribution < -0.4 is 0 Å². The Hall–Kier alpha value is -2.80. The van der Waals surface area contributed by atoms with E-state index in [1.165, 1.54) is 11.1 Å². The Morgan fingerprint density at radius 1 is 1.11 bits per heavy atom. The Labute approximate surface area is 162 Å². The molecule has 27 heavy (non-hydrogen) atoms. The van der Waals surface area contributed by atoms with Crippen LogP contribution in [-0.2, 0) is 6.54 Å². The van der Waals surface area contributed by atoms with Crippen LogP contribution in [0, 0.1) is 12.3 Å². The van der Waals surface area contributed by atoms with Gasteiger partial charge in [-0.2, -0.15) is 0 Å². The minimum absolute atomic E-state index is 0.0283. The maximum absolute atomic E-state index is 10.5. The highest BCUT2D eigenvalue weighted by molar-refractivity contribution is 5.36. The largest absolute Gasteiger partial charge is 0.508 e. The van der Waals surface area contributed by atoms with Gasteiger partial charge in [-0.25, -0.2) is 0 Å². The molecule has 3 heteroatoms. The second kappa shape index (κ2) is 9.23. The molecule has 1 fully saturated rings. The number of nitrogens with zero attached hydrogens (tertiary/aromatic N) is 2. The first-order valence-corrected chi connectivity index (χ1v) is 9.30. The number of aromatic hydroxyl groups is 1. The highest BCUT2D eigenvalue weighted by Gasteiger charge is 2.34. The summed E-state index contributed by atoms with van der Waals surface area (Å²) >= 11 is 0. The van der Waals surface area contributed by atoms with Gasteiger partial charge in [0.15, 0.2) is 0 Å². The molecule has 3 rings (SSSR count). The summed E-state index contributed by atoms with van der Waals surface area (Å²) in [4.78, 5) is 4.82. The summed E-state index contributed by atoms with van der Waals surface area (Å²) in [7, 11) is 0. The number of para-hydroxylation sites is 1. The molecule has 3 nitrogen and oxygen atoms in total. The maximum Gasteiger partial charge on any atom is 0.121 e. The number of phenolic OH excluding ortho intramolecular Hbond substituents is 1. The van der Waals surface area contributed by atoms with E-state index >= 15 is 0 Å². The van der Waals surface area contributed by atoms with Crippen molar-refractivity contribution in [1.29, 1.82) is 0 Å². The third kappa shape index (κ3) is 4.68. The van der Waals surface area contributed by atoms with Gasteiger partial charge in [-0.1, -0.05) is 60.5 Å². The minimum Gasteiger partial charge on any atom is -0.508 e. The second-order valence-electron chi connectivity index (χ2n) is 6.72. The van der Waals surface area contributed by atoms with Crippen molar-refractivity contribution in [3.05, 3.63) is 89.5 Å². The summed E-state index contributed by atoms with van der Waals surface area (Å²) in [5.41, 5.74) is 3.40. The van der Waals surface area contributed by atoms with Crippen LogP contribution in [0.5, 0.6) is 5.75 Å². The summed E-state index contributed by atoms with van der Waals surface area (Å²) < 4.78 is 0. The summed E-state index contributed by atoms with van der Waals surface area (Å²) in [5, 5.41) is 10.5. The Bertz CT molecular complexity index is 848. The topological polar surface area (TPSA) is 26.7 Å². The van der Waals surface area contributed by atoms with Crippen LogP contribution in [0.2, 0.25) is 0 Å². The molecule has 1 N–H and O–H groups in total. The number of hydrogen-bond acceptors (Lipinski definition) is 3. The molecule has 1 heterocycles. The van der Waals surface area contributed by atoms with Crippen molar-refractivity contribution in [2.45, 2.75) is 19.6 Å². The van der Waals surface area contributed by atoms with Gasteiger partial charge < -0.3 is 5.11 Å². The lowest BCUT2D eigenvalue weighted by molar-refractivity contribution is 0.137. The highest BCUT2D eigenvalue weighted by atomic mass is 16.3. The molecule has 0 aliphatic carbocycles. The molecule has 138 valence electrons. The standard InChI is InChI=1S/C24H26N2O/c1-3-5-11-20(4-2)18-25-16-17-26(19-21-12-7-6-8-13-21)24(25)22-14-9-10-15-23(22)27/h1,4-15,24,27H,16-19H2,2H3/b11-5-,20-4+. The molecule has 0 bridgehead atoms. The fourth-order valence-corrected chi connectivity index (χ4v) is 3.61. The summed E-state index contributed by atoms with van der Waals surface area (Å²) in [6.07, 6.45) is 11.2. The quantitative estimate of drug-likeness (QED) is 0.614. The maximum atomic E-state index is 10.5. The zero-order chi connectivity index (χ0) is 19.1. The Morgan fingerprint density at radius 3 is 2.52 bits per heavy atom. The van der Waals surface area contributed by atoms with E-state index in [4.69, 9.17) is 6.42 Å². The van der Waals surface area contributed by atoms with Gasteiger partial charge in [-0.15, -0.1) is 6.42 Å². The molecule has 1 aliphatic heterocycles. The lowest BCUT2D eigenvalue weighted by Crippen LogP contribution is -2.32. The van der Waals surface area contributed by atoms with Gasteiger partial charge >= 0.3 is 0 Å². The normalized spacial score (nSPS) is 18.8. The number of allylic oxidation sites excluding steroid dienone is 2. The molecule has 1 saturated heterocycles. The average molecular weight is 358 g/mol. The molecular formula is C24H26N2O. The fourth-order valence-electron chi connectivity index (χ4n) is 3.61. The van der Waals surface area contributed by atoms with E-state index in [0.717, 1.165) is 31.7 Å². The van der Waals surface area contributed by atoms with E-state index in [1.807, 2.05) is 37.3 Å². The lowest BCUT2D eigenvalue weighted by atomic mass is 10.1. The van der Waals surface area contributed by atoms with Crippen molar-refractivity contribution >= 4 is 0 Å². The van der Waals surface area contributed by atoms with E-state index in [-0.39, 0.29) is 6.17 Å². The minimum atomic E-state index is 0.0283. The SMILES string of the molecule is C#C/C=C\C(=C/C)CN1CCN(Cc2ccccc2)C1c1ccccc1O. The number of rotatable bonds is 6. The first-order valence-electron chi connectivity index (χ1n) is 9.30. The van der Waals surface area contributed by atoms with Crippen molar-refractivity contribution in [2.75, 3.05) is 19.6 Å². The molecule has 0 amide bonds. The third-order valence-corrected chi connectivity index (χ3v) is 4.96. The Kier molecular flexibility index (Phi) is 6.49. The molecule has 0 spiro atoms. The number of hydrogen-bond donors (Lipinski definition) is 1. The van der Waals surface area contributed by atoms with Gasteiger partial charge in [-0.3, -0.25) is 9.80 Å². The van der Waals surface area contributed by atoms with Gasteiger partial charge in [0.25, 0.3) is 0 Å². The second-order valence-corrected chi connectivity index (χ2v) is 6.72. The van der Waals surface area contributed by atoms with Gasteiger partial charge in [-0.05, 0) is 36.3 Å². The zero-order valence-corrected chi connectivity index (χ0v) is 15.8. The molecular weight excluding hydrogens is 332 g/mol. The van der Waals surface area contributed by atoms with E-state index in [1.54, 1.807) is 12.1 Å². The summed E-state index contributed by atoms with van der Waals surface area (Å²) in [6.45, 7) is 5.56. The van der Waals surface area contributed by atoms with E-state index in [0.29, 0.717) is 5.75 Å². The van der Waals surface area contributed by atoms with Crippen LogP contribution in [0.1, 0.15) is 24.2 Å². The Morgan fingerprint density at radius 2 is 1.81 bits per heavy atom. The first-order chi connectivity index (χ1) is 13.2. The molecule has 2 aromatic carbocycles. The molecule has 1 unspecified atom stereocenters. The van der Waals surface area contributed by atoms with Crippen LogP contribution >= 0.6 is 0 Å². The summed E-state index contributed by atoms with van der Waals surface area (Å²) in [6, 6.07) is 18.1. The molecule has 1 aliphatic rings. The van der Waals surface area contributed by atoms with Crippen molar-refractivity contribution in [3.8, 4) is 18.1 Å².